The Kier molecular flexibility index (Phi) is 6.42. The molecule has 19 heavy (non-hydrogen) atoms. The summed E-state index contributed by atoms with van der Waals surface area (Å²) in [5.74, 6) is 1.02. The van der Waals surface area contributed by atoms with Gasteiger partial charge in [0.2, 0.25) is 0 Å². The van der Waals surface area contributed by atoms with Crippen LogP contribution in [0, 0.1) is 0 Å². The number of nitrogens with one attached hydrogen (secondary N) is 1. The van der Waals surface area contributed by atoms with Crippen molar-refractivity contribution in [2.45, 2.75) is 17.9 Å². The van der Waals surface area contributed by atoms with Crippen LogP contribution in [-0.4, -0.2) is 12.3 Å². The maximum Gasteiger partial charge on any atom is 0.0434 e. The number of thioether (sulfide) groups is 1. The Bertz CT molecular complexity index is 528. The van der Waals surface area contributed by atoms with E-state index in [1.165, 1.54) is 19.4 Å². The number of rotatable bonds is 6. The predicted molar refractivity (Wildman–Crippen MR) is 93.3 cm³/mol. The third kappa shape index (κ3) is 4.33. The van der Waals surface area contributed by atoms with E-state index in [1.807, 2.05) is 17.8 Å². The van der Waals surface area contributed by atoms with Crippen LogP contribution in [0.15, 0.2) is 48.9 Å². The molecular weight excluding hydrogens is 406 g/mol. The highest BCUT2D eigenvalue weighted by Gasteiger charge is 2.15. The fraction of sp³-hybridized carbons (Fsp3) is 0.286. The third-order valence-electron chi connectivity index (χ3n) is 2.71. The van der Waals surface area contributed by atoms with Gasteiger partial charge in [0.05, 0.1) is 0 Å². The smallest absolute Gasteiger partial charge is 0.0434 e. The summed E-state index contributed by atoms with van der Waals surface area (Å²) < 4.78 is 2.37. The van der Waals surface area contributed by atoms with Crippen LogP contribution < -0.4 is 5.32 Å². The molecule has 0 saturated carbocycles. The van der Waals surface area contributed by atoms with Crippen LogP contribution in [-0.2, 0) is 0 Å². The number of thiophene rings is 1. The molecule has 2 aromatic rings. The zero-order chi connectivity index (χ0) is 13.7. The minimum Gasteiger partial charge on any atom is -0.309 e. The minimum absolute atomic E-state index is 0.378. The van der Waals surface area contributed by atoms with Crippen LogP contribution in [0.1, 0.15) is 18.5 Å². The highest BCUT2D eigenvalue weighted by molar-refractivity contribution is 9.10. The zero-order valence-corrected chi connectivity index (χ0v) is 15.3. The Labute approximate surface area is 139 Å². The molecule has 0 amide bonds. The first-order chi connectivity index (χ1) is 9.22. The van der Waals surface area contributed by atoms with Gasteiger partial charge in [0.1, 0.15) is 0 Å². The monoisotopic (exact) mass is 419 g/mol. The lowest BCUT2D eigenvalue weighted by Gasteiger charge is -2.17. The molecule has 0 bridgehead atoms. The largest absolute Gasteiger partial charge is 0.309 e. The summed E-state index contributed by atoms with van der Waals surface area (Å²) in [6, 6.07) is 8.75. The normalized spacial score (nSPS) is 12.6. The van der Waals surface area contributed by atoms with E-state index in [-0.39, 0.29) is 0 Å². The van der Waals surface area contributed by atoms with Gasteiger partial charge in [-0.15, -0.1) is 11.8 Å². The Morgan fingerprint density at radius 2 is 2.00 bits per heavy atom. The van der Waals surface area contributed by atoms with Gasteiger partial charge in [-0.1, -0.05) is 19.1 Å². The maximum atomic E-state index is 3.63. The van der Waals surface area contributed by atoms with Gasteiger partial charge in [0.15, 0.2) is 0 Å². The molecule has 1 atom stereocenters. The maximum absolute atomic E-state index is 3.63. The molecule has 1 heterocycles. The second-order valence-corrected chi connectivity index (χ2v) is 7.54. The van der Waals surface area contributed by atoms with Crippen LogP contribution in [0.4, 0.5) is 0 Å². The van der Waals surface area contributed by atoms with Crippen LogP contribution in [0.2, 0.25) is 0 Å². The quantitative estimate of drug-likeness (QED) is 0.600. The molecule has 0 saturated heterocycles. The first-order valence-corrected chi connectivity index (χ1v) is 9.56. The van der Waals surface area contributed by atoms with E-state index in [0.717, 1.165) is 12.3 Å². The molecule has 0 aliphatic heterocycles. The molecule has 2 rings (SSSR count). The number of benzene rings is 1. The number of hydrogen-bond acceptors (Lipinski definition) is 3. The molecule has 102 valence electrons. The van der Waals surface area contributed by atoms with Crippen molar-refractivity contribution in [1.82, 2.24) is 5.32 Å². The molecule has 0 aliphatic carbocycles. The van der Waals surface area contributed by atoms with Gasteiger partial charge in [-0.2, -0.15) is 11.3 Å². The van der Waals surface area contributed by atoms with Crippen LogP contribution in [0.25, 0.3) is 0 Å². The van der Waals surface area contributed by atoms with Crippen molar-refractivity contribution < 1.29 is 0 Å². The lowest BCUT2D eigenvalue weighted by atomic mass is 10.2. The van der Waals surface area contributed by atoms with E-state index in [9.17, 15) is 0 Å². The van der Waals surface area contributed by atoms with E-state index in [2.05, 4.69) is 73.1 Å². The lowest BCUT2D eigenvalue weighted by Crippen LogP contribution is -2.22. The van der Waals surface area contributed by atoms with Crippen molar-refractivity contribution >= 4 is 55.0 Å². The molecule has 1 aromatic carbocycles. The Morgan fingerprint density at radius 3 is 2.63 bits per heavy atom. The van der Waals surface area contributed by atoms with Gasteiger partial charge >= 0.3 is 0 Å². The minimum atomic E-state index is 0.378. The Hall–Kier alpha value is 0.190. The van der Waals surface area contributed by atoms with Gasteiger partial charge in [0, 0.05) is 31.0 Å². The molecular formula is C14H15Br2NS2. The summed E-state index contributed by atoms with van der Waals surface area (Å²) in [6.45, 7) is 3.12. The van der Waals surface area contributed by atoms with E-state index in [4.69, 9.17) is 0 Å². The van der Waals surface area contributed by atoms with Gasteiger partial charge in [-0.05, 0) is 61.5 Å². The van der Waals surface area contributed by atoms with Crippen molar-refractivity contribution in [2.75, 3.05) is 12.3 Å². The van der Waals surface area contributed by atoms with Crippen molar-refractivity contribution in [3.8, 4) is 0 Å². The predicted octanol–water partition coefficient (Wildman–Crippen LogP) is 5.72. The van der Waals surface area contributed by atoms with Crippen molar-refractivity contribution in [3.05, 3.63) is 49.5 Å². The first kappa shape index (κ1) is 15.6. The molecule has 1 aromatic heterocycles. The fourth-order valence-corrected chi connectivity index (χ4v) is 5.06. The SMILES string of the molecule is CCNC(CSc1ccccc1Br)c1cscc1Br. The van der Waals surface area contributed by atoms with Crippen LogP contribution in [0.5, 0.6) is 0 Å². The summed E-state index contributed by atoms with van der Waals surface area (Å²) in [6.07, 6.45) is 0. The van der Waals surface area contributed by atoms with E-state index in [0.29, 0.717) is 6.04 Å². The average molecular weight is 421 g/mol. The standard InChI is InChI=1S/C14H15Br2NS2/c1-2-17-13(10-7-18-8-12(10)16)9-19-14-6-4-3-5-11(14)15/h3-8,13,17H,2,9H2,1H3. The summed E-state index contributed by atoms with van der Waals surface area (Å²) in [5, 5.41) is 7.92. The van der Waals surface area contributed by atoms with Crippen LogP contribution in [0.3, 0.4) is 0 Å². The Morgan fingerprint density at radius 1 is 1.21 bits per heavy atom. The lowest BCUT2D eigenvalue weighted by molar-refractivity contribution is 0.606. The van der Waals surface area contributed by atoms with Gasteiger partial charge in [0.25, 0.3) is 0 Å². The second-order valence-electron chi connectivity index (χ2n) is 4.03. The van der Waals surface area contributed by atoms with E-state index < -0.39 is 0 Å². The fourth-order valence-electron chi connectivity index (χ4n) is 1.78. The van der Waals surface area contributed by atoms with E-state index >= 15 is 0 Å². The zero-order valence-electron chi connectivity index (χ0n) is 10.5. The van der Waals surface area contributed by atoms with Crippen molar-refractivity contribution in [1.29, 1.82) is 0 Å². The summed E-state index contributed by atoms with van der Waals surface area (Å²) in [5.41, 5.74) is 1.35. The third-order valence-corrected chi connectivity index (χ3v) is 6.58. The molecule has 0 aliphatic rings. The highest BCUT2D eigenvalue weighted by Crippen LogP contribution is 2.33. The Balaban J connectivity index is 2.06. The molecule has 0 radical (unpaired) electrons. The van der Waals surface area contributed by atoms with Gasteiger partial charge in [-0.3, -0.25) is 0 Å². The molecule has 1 unspecified atom stereocenters. The van der Waals surface area contributed by atoms with Gasteiger partial charge < -0.3 is 5.32 Å². The average Bonchev–Trinajstić information content (AvgIpc) is 2.82. The number of hydrogen-bond donors (Lipinski definition) is 1. The molecule has 1 N–H and O–H groups in total. The second kappa shape index (κ2) is 7.84. The summed E-state index contributed by atoms with van der Waals surface area (Å²) in [7, 11) is 0. The van der Waals surface area contributed by atoms with E-state index in [1.54, 1.807) is 11.3 Å². The van der Waals surface area contributed by atoms with Crippen LogP contribution >= 0.6 is 55.0 Å². The first-order valence-electron chi connectivity index (χ1n) is 6.04. The van der Waals surface area contributed by atoms with Crippen molar-refractivity contribution in [3.63, 3.8) is 0 Å². The summed E-state index contributed by atoms with van der Waals surface area (Å²) >= 11 is 10.8. The summed E-state index contributed by atoms with van der Waals surface area (Å²) in [4.78, 5) is 1.29. The van der Waals surface area contributed by atoms with Crippen molar-refractivity contribution in [2.24, 2.45) is 0 Å². The van der Waals surface area contributed by atoms with Gasteiger partial charge in [-0.25, -0.2) is 0 Å². The number of halogens is 2. The molecule has 1 nitrogen and oxygen atoms in total. The topological polar surface area (TPSA) is 12.0 Å². The molecule has 0 spiro atoms. The molecule has 5 heteroatoms. The molecule has 0 fully saturated rings. The highest BCUT2D eigenvalue weighted by atomic mass is 79.9.